The highest BCUT2D eigenvalue weighted by atomic mass is 32.2. The van der Waals surface area contributed by atoms with E-state index in [4.69, 9.17) is 0 Å². The lowest BCUT2D eigenvalue weighted by atomic mass is 9.95. The number of rotatable bonds is 4. The maximum absolute atomic E-state index is 12.4. The highest BCUT2D eigenvalue weighted by Gasteiger charge is 2.34. The summed E-state index contributed by atoms with van der Waals surface area (Å²) in [5.74, 6) is -0.296. The zero-order chi connectivity index (χ0) is 21.1. The van der Waals surface area contributed by atoms with Crippen molar-refractivity contribution in [3.05, 3.63) is 54.4 Å². The van der Waals surface area contributed by atoms with E-state index in [2.05, 4.69) is 20.0 Å². The molecular weight excluding hydrogens is 406 g/mol. The second-order valence-corrected chi connectivity index (χ2v) is 8.73. The summed E-state index contributed by atoms with van der Waals surface area (Å²) >= 11 is 0. The van der Waals surface area contributed by atoms with E-state index in [0.717, 1.165) is 0 Å². The second-order valence-electron chi connectivity index (χ2n) is 7.16. The Hall–Kier alpha value is -3.27. The molecule has 0 atom stereocenters. The summed E-state index contributed by atoms with van der Waals surface area (Å²) in [4.78, 5) is 30.4. The van der Waals surface area contributed by atoms with E-state index in [-0.39, 0.29) is 29.2 Å². The molecule has 0 unspecified atom stereocenters. The molecule has 0 aliphatic carbocycles. The van der Waals surface area contributed by atoms with Gasteiger partial charge in [-0.15, -0.1) is 4.40 Å². The molecule has 0 bridgehead atoms. The number of hydrogen-bond donors (Lipinski definition) is 2. The number of likely N-dealkylation sites (tertiary alicyclic amines) is 1. The van der Waals surface area contributed by atoms with Crippen LogP contribution in [-0.4, -0.2) is 55.6 Å². The molecule has 30 heavy (non-hydrogen) atoms. The number of fused-ring (bicyclic) bond motifs is 1. The lowest BCUT2D eigenvalue weighted by molar-refractivity contribution is -0.128. The predicted molar refractivity (Wildman–Crippen MR) is 110 cm³/mol. The number of carbonyl (C=O) groups is 2. The number of carbonyl (C=O) groups excluding carboxylic acids is 2. The number of benzene rings is 1. The molecule has 4 rings (SSSR count). The fourth-order valence-electron chi connectivity index (χ4n) is 3.62. The third-order valence-corrected chi connectivity index (χ3v) is 6.47. The highest BCUT2D eigenvalue weighted by Crippen LogP contribution is 2.29. The van der Waals surface area contributed by atoms with Crippen LogP contribution < -0.4 is 10.6 Å². The second kappa shape index (κ2) is 8.23. The summed E-state index contributed by atoms with van der Waals surface area (Å²) in [6.45, 7) is 0.914. The van der Waals surface area contributed by atoms with Crippen LogP contribution in [0.25, 0.3) is 0 Å². The number of nitrogens with zero attached hydrogens (tertiary/aromatic N) is 3. The number of nitrogens with one attached hydrogen (secondary N) is 2. The Morgan fingerprint density at radius 1 is 1.10 bits per heavy atom. The minimum atomic E-state index is -3.66. The quantitative estimate of drug-likeness (QED) is 0.751. The Bertz CT molecular complexity index is 1090. The summed E-state index contributed by atoms with van der Waals surface area (Å²) in [7, 11) is -3.66. The molecule has 0 saturated carbocycles. The van der Waals surface area contributed by atoms with Crippen molar-refractivity contribution < 1.29 is 18.0 Å². The Morgan fingerprint density at radius 3 is 2.60 bits per heavy atom. The van der Waals surface area contributed by atoms with Gasteiger partial charge in [-0.05, 0) is 37.1 Å². The Kier molecular flexibility index (Phi) is 5.49. The van der Waals surface area contributed by atoms with Crippen molar-refractivity contribution in [3.8, 4) is 0 Å². The number of hydrogen-bond acceptors (Lipinski definition) is 6. The first kappa shape index (κ1) is 20.0. The number of piperidine rings is 1. The molecule has 2 aliphatic rings. The zero-order valence-electron chi connectivity index (χ0n) is 16.1. The fourth-order valence-corrected chi connectivity index (χ4v) is 4.85. The lowest BCUT2D eigenvalue weighted by Crippen LogP contribution is -2.44. The average molecular weight is 427 g/mol. The maximum Gasteiger partial charge on any atom is 0.285 e. The largest absolute Gasteiger partial charge is 0.355 e. The Labute approximate surface area is 174 Å². The Balaban J connectivity index is 1.30. The van der Waals surface area contributed by atoms with Crippen LogP contribution in [0.4, 0.5) is 5.69 Å². The van der Waals surface area contributed by atoms with Crippen LogP contribution in [0, 0.1) is 5.92 Å². The van der Waals surface area contributed by atoms with Gasteiger partial charge in [0.05, 0.1) is 18.4 Å². The average Bonchev–Trinajstić information content (AvgIpc) is 3.04. The highest BCUT2D eigenvalue weighted by molar-refractivity contribution is 7.90. The van der Waals surface area contributed by atoms with Crippen LogP contribution in [-0.2, 0) is 19.6 Å². The SMILES string of the molecule is O=C(CNC(=O)C1CCN(C2=NS(=O)(=O)c3ccccc32)CC1)Nc1cccnc1. The van der Waals surface area contributed by atoms with Gasteiger partial charge in [-0.1, -0.05) is 12.1 Å². The van der Waals surface area contributed by atoms with Gasteiger partial charge in [-0.25, -0.2) is 0 Å². The molecule has 1 aromatic carbocycles. The fraction of sp³-hybridized carbons (Fsp3) is 0.300. The summed E-state index contributed by atoms with van der Waals surface area (Å²) in [6.07, 6.45) is 4.24. The van der Waals surface area contributed by atoms with Gasteiger partial charge in [0.1, 0.15) is 4.90 Å². The van der Waals surface area contributed by atoms with Gasteiger partial charge in [0.15, 0.2) is 5.84 Å². The first-order valence-corrected chi connectivity index (χ1v) is 11.0. The smallest absolute Gasteiger partial charge is 0.285 e. The predicted octanol–water partition coefficient (Wildman–Crippen LogP) is 0.997. The standard InChI is InChI=1S/C20H21N5O4S/c26-18(23-15-4-3-9-21-12-15)13-22-20(27)14-7-10-25(11-8-14)19-16-5-1-2-6-17(16)30(28,29)24-19/h1-6,9,12,14H,7-8,10-11,13H2,(H,22,27)(H,23,26). The van der Waals surface area contributed by atoms with Crippen LogP contribution in [0.2, 0.25) is 0 Å². The molecule has 2 aliphatic heterocycles. The molecule has 1 aromatic heterocycles. The first-order valence-electron chi connectivity index (χ1n) is 9.61. The van der Waals surface area contributed by atoms with E-state index in [9.17, 15) is 18.0 Å². The lowest BCUT2D eigenvalue weighted by Gasteiger charge is -2.32. The molecule has 0 spiro atoms. The van der Waals surface area contributed by atoms with E-state index in [0.29, 0.717) is 43.0 Å². The van der Waals surface area contributed by atoms with E-state index >= 15 is 0 Å². The van der Waals surface area contributed by atoms with Crippen molar-refractivity contribution in [2.24, 2.45) is 10.3 Å². The van der Waals surface area contributed by atoms with Gasteiger partial charge < -0.3 is 15.5 Å². The molecule has 2 N–H and O–H groups in total. The van der Waals surface area contributed by atoms with Crippen molar-refractivity contribution in [1.29, 1.82) is 0 Å². The van der Waals surface area contributed by atoms with Crippen molar-refractivity contribution >= 4 is 33.4 Å². The monoisotopic (exact) mass is 427 g/mol. The van der Waals surface area contributed by atoms with Crippen molar-refractivity contribution in [3.63, 3.8) is 0 Å². The number of aromatic nitrogens is 1. The maximum atomic E-state index is 12.4. The number of amidine groups is 1. The Morgan fingerprint density at radius 2 is 1.87 bits per heavy atom. The zero-order valence-corrected chi connectivity index (χ0v) is 16.9. The molecular formula is C20H21N5O4S. The number of pyridine rings is 1. The first-order chi connectivity index (χ1) is 14.4. The van der Waals surface area contributed by atoms with Crippen LogP contribution >= 0.6 is 0 Å². The van der Waals surface area contributed by atoms with Gasteiger partial charge in [0.25, 0.3) is 10.0 Å². The summed E-state index contributed by atoms with van der Waals surface area (Å²) in [6, 6.07) is 10.2. The summed E-state index contributed by atoms with van der Waals surface area (Å²) in [5.41, 5.74) is 1.17. The third kappa shape index (κ3) is 4.18. The minimum Gasteiger partial charge on any atom is -0.355 e. The molecule has 156 valence electrons. The molecule has 2 aromatic rings. The van der Waals surface area contributed by atoms with E-state index in [1.807, 2.05) is 4.90 Å². The number of amides is 2. The minimum absolute atomic E-state index is 0.119. The van der Waals surface area contributed by atoms with E-state index in [1.165, 1.54) is 6.20 Å². The van der Waals surface area contributed by atoms with Crippen LogP contribution in [0.15, 0.2) is 58.1 Å². The molecule has 2 amide bonds. The molecule has 9 nitrogen and oxygen atoms in total. The topological polar surface area (TPSA) is 121 Å². The van der Waals surface area contributed by atoms with Crippen LogP contribution in [0.1, 0.15) is 18.4 Å². The van der Waals surface area contributed by atoms with Crippen molar-refractivity contribution in [2.75, 3.05) is 25.0 Å². The molecule has 3 heterocycles. The third-order valence-electron chi connectivity index (χ3n) is 5.15. The molecule has 1 fully saturated rings. The summed E-state index contributed by atoms with van der Waals surface area (Å²) < 4.78 is 28.4. The van der Waals surface area contributed by atoms with Gasteiger partial charge in [-0.2, -0.15) is 8.42 Å². The van der Waals surface area contributed by atoms with Crippen LogP contribution in [0.3, 0.4) is 0 Å². The molecule has 1 saturated heterocycles. The number of sulfonamides is 1. The molecule has 10 heteroatoms. The summed E-state index contributed by atoms with van der Waals surface area (Å²) in [5, 5.41) is 5.33. The van der Waals surface area contributed by atoms with E-state index < -0.39 is 10.0 Å². The van der Waals surface area contributed by atoms with Crippen molar-refractivity contribution in [2.45, 2.75) is 17.7 Å². The van der Waals surface area contributed by atoms with E-state index in [1.54, 1.807) is 42.6 Å². The van der Waals surface area contributed by atoms with Gasteiger partial charge in [0, 0.05) is 30.8 Å². The van der Waals surface area contributed by atoms with Crippen molar-refractivity contribution in [1.82, 2.24) is 15.2 Å². The van der Waals surface area contributed by atoms with Crippen LogP contribution in [0.5, 0.6) is 0 Å². The van der Waals surface area contributed by atoms with Gasteiger partial charge in [-0.3, -0.25) is 14.6 Å². The molecule has 0 radical (unpaired) electrons. The number of anilines is 1. The normalized spacial score (nSPS) is 17.7. The van der Waals surface area contributed by atoms with Gasteiger partial charge in [0.2, 0.25) is 11.8 Å². The van der Waals surface area contributed by atoms with Gasteiger partial charge >= 0.3 is 0 Å².